The first kappa shape index (κ1) is 14.5. The van der Waals surface area contributed by atoms with E-state index in [4.69, 9.17) is 19.5 Å². The second-order valence-corrected chi connectivity index (χ2v) is 4.28. The Morgan fingerprint density at radius 1 is 1.28 bits per heavy atom. The highest BCUT2D eigenvalue weighted by atomic mass is 16.6. The van der Waals surface area contributed by atoms with Gasteiger partial charge in [0.1, 0.15) is 5.75 Å². The maximum atomic E-state index is 11.6. The summed E-state index contributed by atoms with van der Waals surface area (Å²) < 4.78 is 10.4. The van der Waals surface area contributed by atoms with E-state index < -0.39 is 18.7 Å². The quantitative estimate of drug-likeness (QED) is 0.573. The normalized spacial score (nSPS) is 10.9. The van der Waals surface area contributed by atoms with Crippen LogP contribution >= 0.6 is 0 Å². The van der Waals surface area contributed by atoms with E-state index >= 15 is 0 Å². The molecule has 0 atom stereocenters. The Morgan fingerprint density at radius 2 is 1.83 bits per heavy atom. The molecular weight excluding hydrogens is 235 g/mol. The Morgan fingerprint density at radius 3 is 2.28 bits per heavy atom. The van der Waals surface area contributed by atoms with Crippen LogP contribution < -0.4 is 10.2 Å². The third kappa shape index (κ3) is 3.75. The van der Waals surface area contributed by atoms with Crippen molar-refractivity contribution in [1.29, 1.82) is 0 Å². The van der Waals surface area contributed by atoms with Crippen molar-refractivity contribution in [2.24, 2.45) is 0 Å². The predicted molar refractivity (Wildman–Crippen MR) is 67.6 cm³/mol. The third-order valence-electron chi connectivity index (χ3n) is 2.32. The number of carbonyl (C=O) groups is 1. The van der Waals surface area contributed by atoms with Gasteiger partial charge >= 0.3 is 13.1 Å². The van der Waals surface area contributed by atoms with Crippen molar-refractivity contribution in [2.75, 3.05) is 6.61 Å². The number of carbonyl (C=O) groups excluding carboxylic acids is 1. The van der Waals surface area contributed by atoms with Crippen LogP contribution in [0.5, 0.6) is 5.75 Å². The fourth-order valence-corrected chi connectivity index (χ4v) is 1.35. The zero-order chi connectivity index (χ0) is 13.8. The Hall–Kier alpha value is -1.53. The van der Waals surface area contributed by atoms with Crippen LogP contribution in [0.2, 0.25) is 0 Å². The van der Waals surface area contributed by atoms with Crippen LogP contribution in [0.4, 0.5) is 0 Å². The van der Waals surface area contributed by atoms with Crippen LogP contribution in [-0.4, -0.2) is 35.3 Å². The molecule has 1 aromatic carbocycles. The molecule has 98 valence electrons. The van der Waals surface area contributed by atoms with Crippen molar-refractivity contribution in [1.82, 2.24) is 0 Å². The molecule has 0 saturated carbocycles. The van der Waals surface area contributed by atoms with Gasteiger partial charge in [0.2, 0.25) is 0 Å². The summed E-state index contributed by atoms with van der Waals surface area (Å²) in [5.74, 6) is 0.00808. The summed E-state index contributed by atoms with van der Waals surface area (Å²) in [5, 5.41) is 17.9. The highest BCUT2D eigenvalue weighted by Gasteiger charge is 2.31. The molecular formula is C12H17BO5. The molecule has 0 radical (unpaired) electrons. The first-order valence-corrected chi connectivity index (χ1v) is 5.69. The minimum absolute atomic E-state index is 0.293. The van der Waals surface area contributed by atoms with Crippen molar-refractivity contribution in [3.63, 3.8) is 0 Å². The van der Waals surface area contributed by atoms with Gasteiger partial charge in [-0.15, -0.1) is 0 Å². The van der Waals surface area contributed by atoms with Crippen LogP contribution in [0.1, 0.15) is 20.8 Å². The highest BCUT2D eigenvalue weighted by molar-refractivity contribution is 6.58. The first-order chi connectivity index (χ1) is 8.36. The Kier molecular flexibility index (Phi) is 4.75. The molecule has 0 spiro atoms. The van der Waals surface area contributed by atoms with Crippen molar-refractivity contribution in [3.05, 3.63) is 24.3 Å². The van der Waals surface area contributed by atoms with Gasteiger partial charge in [0, 0.05) is 0 Å². The van der Waals surface area contributed by atoms with E-state index in [1.54, 1.807) is 32.9 Å². The second kappa shape index (κ2) is 5.88. The first-order valence-electron chi connectivity index (χ1n) is 5.69. The Balaban J connectivity index is 2.75. The summed E-state index contributed by atoms with van der Waals surface area (Å²) in [5.41, 5.74) is -0.730. The van der Waals surface area contributed by atoms with Crippen molar-refractivity contribution < 1.29 is 24.3 Å². The van der Waals surface area contributed by atoms with Gasteiger partial charge in [-0.3, -0.25) is 0 Å². The lowest BCUT2D eigenvalue weighted by atomic mass is 9.80. The molecule has 5 nitrogen and oxygen atoms in total. The van der Waals surface area contributed by atoms with E-state index in [2.05, 4.69) is 0 Å². The number of hydrogen-bond donors (Lipinski definition) is 2. The minimum atomic E-state index is -1.52. The van der Waals surface area contributed by atoms with Gasteiger partial charge in [-0.05, 0) is 38.4 Å². The maximum absolute atomic E-state index is 11.6. The number of esters is 1. The number of hydrogen-bond acceptors (Lipinski definition) is 5. The average molecular weight is 252 g/mol. The molecule has 0 aliphatic heterocycles. The molecule has 2 N–H and O–H groups in total. The van der Waals surface area contributed by atoms with Crippen molar-refractivity contribution in [3.8, 4) is 5.75 Å². The smallest absolute Gasteiger partial charge is 0.476 e. The van der Waals surface area contributed by atoms with E-state index in [1.807, 2.05) is 0 Å². The molecule has 18 heavy (non-hydrogen) atoms. The molecule has 0 aliphatic rings. The van der Waals surface area contributed by atoms with Gasteiger partial charge < -0.3 is 19.5 Å². The van der Waals surface area contributed by atoms with E-state index in [-0.39, 0.29) is 0 Å². The fourth-order valence-electron chi connectivity index (χ4n) is 1.35. The summed E-state index contributed by atoms with van der Waals surface area (Å²) in [4.78, 5) is 11.6. The molecule has 0 saturated heterocycles. The van der Waals surface area contributed by atoms with Crippen LogP contribution in [0.25, 0.3) is 0 Å². The van der Waals surface area contributed by atoms with Crippen LogP contribution in [-0.2, 0) is 9.53 Å². The molecule has 0 amide bonds. The maximum Gasteiger partial charge on any atom is 0.488 e. The molecule has 1 aromatic rings. The number of rotatable bonds is 5. The van der Waals surface area contributed by atoms with Gasteiger partial charge in [-0.25, -0.2) is 4.79 Å². The Labute approximate surface area is 106 Å². The standard InChI is InChI=1S/C12H17BO5/c1-4-17-11(14)12(2,3)18-10-7-5-9(6-8-10)13(15)16/h5-8,15-16H,4H2,1-3H3. The van der Waals surface area contributed by atoms with Crippen LogP contribution in [0.15, 0.2) is 24.3 Å². The lowest BCUT2D eigenvalue weighted by Gasteiger charge is -2.24. The van der Waals surface area contributed by atoms with Gasteiger partial charge in [-0.1, -0.05) is 12.1 Å². The van der Waals surface area contributed by atoms with E-state index in [0.29, 0.717) is 17.8 Å². The molecule has 1 rings (SSSR count). The number of benzene rings is 1. The van der Waals surface area contributed by atoms with E-state index in [1.165, 1.54) is 12.1 Å². The largest absolute Gasteiger partial charge is 0.488 e. The van der Waals surface area contributed by atoms with E-state index in [9.17, 15) is 4.79 Å². The van der Waals surface area contributed by atoms with Gasteiger partial charge in [-0.2, -0.15) is 0 Å². The summed E-state index contributed by atoms with van der Waals surface area (Å²) in [6, 6.07) is 6.16. The molecule has 0 bridgehead atoms. The molecule has 0 aliphatic carbocycles. The van der Waals surface area contributed by atoms with E-state index in [0.717, 1.165) is 0 Å². The fraction of sp³-hybridized carbons (Fsp3) is 0.417. The van der Waals surface area contributed by atoms with Gasteiger partial charge in [0.15, 0.2) is 5.60 Å². The third-order valence-corrected chi connectivity index (χ3v) is 2.32. The predicted octanol–water partition coefficient (Wildman–Crippen LogP) is 0.0869. The summed E-state index contributed by atoms with van der Waals surface area (Å²) in [6.45, 7) is 5.24. The molecule has 6 heteroatoms. The monoisotopic (exact) mass is 252 g/mol. The molecule has 0 fully saturated rings. The number of ether oxygens (including phenoxy) is 2. The summed E-state index contributed by atoms with van der Waals surface area (Å²) in [6.07, 6.45) is 0. The molecule has 0 aromatic heterocycles. The van der Waals surface area contributed by atoms with Gasteiger partial charge in [0.05, 0.1) is 6.61 Å². The van der Waals surface area contributed by atoms with Gasteiger partial charge in [0.25, 0.3) is 0 Å². The lowest BCUT2D eigenvalue weighted by Crippen LogP contribution is -2.39. The Bertz CT molecular complexity index is 399. The zero-order valence-corrected chi connectivity index (χ0v) is 10.7. The summed E-state index contributed by atoms with van der Waals surface area (Å²) in [7, 11) is -1.52. The molecule has 0 heterocycles. The second-order valence-electron chi connectivity index (χ2n) is 4.28. The average Bonchev–Trinajstić information content (AvgIpc) is 2.29. The minimum Gasteiger partial charge on any atom is -0.476 e. The highest BCUT2D eigenvalue weighted by Crippen LogP contribution is 2.18. The SMILES string of the molecule is CCOC(=O)C(C)(C)Oc1ccc(B(O)O)cc1. The lowest BCUT2D eigenvalue weighted by molar-refractivity contribution is -0.158. The topological polar surface area (TPSA) is 76.0 Å². The van der Waals surface area contributed by atoms with Crippen molar-refractivity contribution in [2.45, 2.75) is 26.4 Å². The summed E-state index contributed by atoms with van der Waals surface area (Å²) >= 11 is 0. The van der Waals surface area contributed by atoms with Crippen LogP contribution in [0.3, 0.4) is 0 Å². The van der Waals surface area contributed by atoms with Crippen LogP contribution in [0, 0.1) is 0 Å². The van der Waals surface area contributed by atoms with Crippen molar-refractivity contribution >= 4 is 18.6 Å². The molecule has 0 unspecified atom stereocenters. The zero-order valence-electron chi connectivity index (χ0n) is 10.7.